The molecule has 0 amide bonds. The van der Waals surface area contributed by atoms with Crippen LogP contribution in [0.3, 0.4) is 0 Å². The third-order valence-electron chi connectivity index (χ3n) is 2.12. The first-order valence-electron chi connectivity index (χ1n) is 4.67. The molecule has 1 aromatic carbocycles. The first-order chi connectivity index (χ1) is 7.70. The summed E-state index contributed by atoms with van der Waals surface area (Å²) in [6, 6.07) is 4.66. The minimum absolute atomic E-state index is 0.303. The Morgan fingerprint density at radius 3 is 2.50 bits per heavy atom. The van der Waals surface area contributed by atoms with E-state index in [1.807, 2.05) is 0 Å². The second kappa shape index (κ2) is 4.67. The van der Waals surface area contributed by atoms with E-state index < -0.39 is 0 Å². The van der Waals surface area contributed by atoms with Crippen LogP contribution in [0.25, 0.3) is 11.4 Å². The number of benzene rings is 1. The summed E-state index contributed by atoms with van der Waals surface area (Å²) in [7, 11) is 0. The highest BCUT2D eigenvalue weighted by Crippen LogP contribution is 2.22. The molecule has 0 saturated heterocycles. The zero-order valence-corrected chi connectivity index (χ0v) is 9.91. The molecule has 0 unspecified atom stereocenters. The highest BCUT2D eigenvalue weighted by atomic mass is 79.9. The molecule has 0 saturated carbocycles. The molecule has 2 aromatic rings. The van der Waals surface area contributed by atoms with E-state index in [0.29, 0.717) is 16.8 Å². The van der Waals surface area contributed by atoms with E-state index in [4.69, 9.17) is 5.73 Å². The van der Waals surface area contributed by atoms with Crippen molar-refractivity contribution in [1.29, 1.82) is 0 Å². The van der Waals surface area contributed by atoms with Gasteiger partial charge in [-0.1, -0.05) is 0 Å². The van der Waals surface area contributed by atoms with Gasteiger partial charge in [0.05, 0.1) is 4.47 Å². The van der Waals surface area contributed by atoms with E-state index >= 15 is 0 Å². The van der Waals surface area contributed by atoms with Crippen LogP contribution in [0, 0.1) is 5.82 Å². The van der Waals surface area contributed by atoms with E-state index in [-0.39, 0.29) is 5.82 Å². The molecular weight excluding hydrogens is 273 g/mol. The number of rotatable bonds is 2. The topological polar surface area (TPSA) is 51.8 Å². The van der Waals surface area contributed by atoms with Crippen molar-refractivity contribution in [3.8, 4) is 11.4 Å². The first kappa shape index (κ1) is 11.2. The Hall–Kier alpha value is -1.33. The minimum Gasteiger partial charge on any atom is -0.326 e. The molecule has 0 atom stereocenters. The molecule has 1 aromatic heterocycles. The Kier molecular flexibility index (Phi) is 3.26. The van der Waals surface area contributed by atoms with E-state index in [2.05, 4.69) is 25.9 Å². The van der Waals surface area contributed by atoms with Crippen LogP contribution in [-0.4, -0.2) is 9.97 Å². The normalized spacial score (nSPS) is 10.4. The van der Waals surface area contributed by atoms with Gasteiger partial charge in [0.1, 0.15) is 5.82 Å². The lowest BCUT2D eigenvalue weighted by Crippen LogP contribution is -1.99. The van der Waals surface area contributed by atoms with Gasteiger partial charge in [0.25, 0.3) is 0 Å². The molecule has 16 heavy (non-hydrogen) atoms. The molecule has 0 radical (unpaired) electrons. The largest absolute Gasteiger partial charge is 0.326 e. The lowest BCUT2D eigenvalue weighted by molar-refractivity contribution is 0.621. The SMILES string of the molecule is NCc1cnc(-c2ccc(F)c(Br)c2)nc1. The van der Waals surface area contributed by atoms with Gasteiger partial charge in [-0.25, -0.2) is 14.4 Å². The highest BCUT2D eigenvalue weighted by molar-refractivity contribution is 9.10. The Balaban J connectivity index is 2.38. The van der Waals surface area contributed by atoms with Gasteiger partial charge in [-0.3, -0.25) is 0 Å². The van der Waals surface area contributed by atoms with Crippen LogP contribution in [0.2, 0.25) is 0 Å². The third-order valence-corrected chi connectivity index (χ3v) is 2.73. The van der Waals surface area contributed by atoms with Crippen molar-refractivity contribution in [3.05, 3.63) is 46.4 Å². The fraction of sp³-hybridized carbons (Fsp3) is 0.0909. The molecular formula is C11H9BrFN3. The number of aromatic nitrogens is 2. The summed E-state index contributed by atoms with van der Waals surface area (Å²) in [4.78, 5) is 8.31. The quantitative estimate of drug-likeness (QED) is 0.920. The predicted molar refractivity (Wildman–Crippen MR) is 63.0 cm³/mol. The van der Waals surface area contributed by atoms with Crippen molar-refractivity contribution in [2.24, 2.45) is 5.73 Å². The maximum Gasteiger partial charge on any atom is 0.159 e. The van der Waals surface area contributed by atoms with Gasteiger partial charge in [0.2, 0.25) is 0 Å². The summed E-state index contributed by atoms with van der Waals surface area (Å²) in [5, 5.41) is 0. The van der Waals surface area contributed by atoms with Crippen molar-refractivity contribution in [2.45, 2.75) is 6.54 Å². The lowest BCUT2D eigenvalue weighted by atomic mass is 10.2. The zero-order chi connectivity index (χ0) is 11.5. The van der Waals surface area contributed by atoms with Crippen LogP contribution < -0.4 is 5.73 Å². The number of nitrogens with zero attached hydrogens (tertiary/aromatic N) is 2. The van der Waals surface area contributed by atoms with Crippen LogP contribution in [0.4, 0.5) is 4.39 Å². The van der Waals surface area contributed by atoms with Crippen molar-refractivity contribution in [3.63, 3.8) is 0 Å². The van der Waals surface area contributed by atoms with Crippen molar-refractivity contribution in [2.75, 3.05) is 0 Å². The van der Waals surface area contributed by atoms with Crippen LogP contribution in [0.15, 0.2) is 35.1 Å². The first-order valence-corrected chi connectivity index (χ1v) is 5.46. The maximum absolute atomic E-state index is 13.0. The average Bonchev–Trinajstić information content (AvgIpc) is 2.33. The smallest absolute Gasteiger partial charge is 0.159 e. The zero-order valence-electron chi connectivity index (χ0n) is 8.32. The molecule has 2 rings (SSSR count). The monoisotopic (exact) mass is 281 g/mol. The summed E-state index contributed by atoms with van der Waals surface area (Å²) in [5.41, 5.74) is 7.07. The summed E-state index contributed by atoms with van der Waals surface area (Å²) >= 11 is 3.12. The van der Waals surface area contributed by atoms with Crippen molar-refractivity contribution < 1.29 is 4.39 Å². The van der Waals surface area contributed by atoms with Gasteiger partial charge >= 0.3 is 0 Å². The molecule has 0 aliphatic heterocycles. The van der Waals surface area contributed by atoms with Gasteiger partial charge in [-0.05, 0) is 34.1 Å². The van der Waals surface area contributed by atoms with E-state index in [1.165, 1.54) is 6.07 Å². The molecule has 0 aliphatic carbocycles. The summed E-state index contributed by atoms with van der Waals surface area (Å²) in [6.07, 6.45) is 3.33. The molecule has 82 valence electrons. The number of hydrogen-bond acceptors (Lipinski definition) is 3. The van der Waals surface area contributed by atoms with Gasteiger partial charge < -0.3 is 5.73 Å². The number of nitrogens with two attached hydrogens (primary N) is 1. The number of halogens is 2. The lowest BCUT2D eigenvalue weighted by Gasteiger charge is -2.02. The second-order valence-corrected chi connectivity index (χ2v) is 4.10. The van der Waals surface area contributed by atoms with Crippen LogP contribution >= 0.6 is 15.9 Å². The van der Waals surface area contributed by atoms with Crippen LogP contribution in [0.1, 0.15) is 5.56 Å². The van der Waals surface area contributed by atoms with Gasteiger partial charge in [0.15, 0.2) is 5.82 Å². The molecule has 1 heterocycles. The van der Waals surface area contributed by atoms with E-state index in [0.717, 1.165) is 11.1 Å². The fourth-order valence-corrected chi connectivity index (χ4v) is 1.62. The summed E-state index contributed by atoms with van der Waals surface area (Å²) < 4.78 is 13.4. The molecule has 0 spiro atoms. The maximum atomic E-state index is 13.0. The van der Waals surface area contributed by atoms with Crippen LogP contribution in [-0.2, 0) is 6.54 Å². The Bertz CT molecular complexity index is 499. The van der Waals surface area contributed by atoms with E-state index in [9.17, 15) is 4.39 Å². The average molecular weight is 282 g/mol. The fourth-order valence-electron chi connectivity index (χ4n) is 1.24. The Morgan fingerprint density at radius 1 is 1.25 bits per heavy atom. The molecule has 0 bridgehead atoms. The molecule has 3 nitrogen and oxygen atoms in total. The van der Waals surface area contributed by atoms with Gasteiger partial charge in [-0.2, -0.15) is 0 Å². The number of hydrogen-bond donors (Lipinski definition) is 1. The molecule has 2 N–H and O–H groups in total. The predicted octanol–water partition coefficient (Wildman–Crippen LogP) is 2.50. The third kappa shape index (κ3) is 2.25. The highest BCUT2D eigenvalue weighted by Gasteiger charge is 2.04. The van der Waals surface area contributed by atoms with Crippen molar-refractivity contribution >= 4 is 15.9 Å². The molecule has 0 fully saturated rings. The Morgan fingerprint density at radius 2 is 1.94 bits per heavy atom. The minimum atomic E-state index is -0.303. The van der Waals surface area contributed by atoms with Crippen molar-refractivity contribution in [1.82, 2.24) is 9.97 Å². The Labute approximate surface area is 101 Å². The second-order valence-electron chi connectivity index (χ2n) is 3.25. The van der Waals surface area contributed by atoms with Gasteiger partial charge in [0, 0.05) is 30.1 Å². The van der Waals surface area contributed by atoms with Gasteiger partial charge in [-0.15, -0.1) is 0 Å². The summed E-state index contributed by atoms with van der Waals surface area (Å²) in [6.45, 7) is 0.410. The molecule has 5 heteroatoms. The standard InChI is InChI=1S/C11H9BrFN3/c12-9-3-8(1-2-10(9)13)11-15-5-7(4-14)6-16-11/h1-3,5-6H,4,14H2. The molecule has 0 aliphatic rings. The van der Waals surface area contributed by atoms with Crippen LogP contribution in [0.5, 0.6) is 0 Å². The summed E-state index contributed by atoms with van der Waals surface area (Å²) in [5.74, 6) is 0.250. The van der Waals surface area contributed by atoms with E-state index in [1.54, 1.807) is 24.5 Å².